The van der Waals surface area contributed by atoms with Crippen LogP contribution in [0, 0.1) is 0 Å². The minimum absolute atomic E-state index is 0.0218. The van der Waals surface area contributed by atoms with Crippen LogP contribution < -0.4 is 0 Å². The molecule has 0 radical (unpaired) electrons. The van der Waals surface area contributed by atoms with Crippen molar-refractivity contribution in [1.29, 1.82) is 0 Å². The van der Waals surface area contributed by atoms with Crippen molar-refractivity contribution in [3.63, 3.8) is 0 Å². The zero-order valence-electron chi connectivity index (χ0n) is 12.4. The van der Waals surface area contributed by atoms with Crippen LogP contribution in [0.1, 0.15) is 33.6 Å². The second-order valence-corrected chi connectivity index (χ2v) is 7.11. The predicted octanol–water partition coefficient (Wildman–Crippen LogP) is 4.51. The smallest absolute Gasteiger partial charge is 0.313 e. The van der Waals surface area contributed by atoms with E-state index in [0.717, 1.165) is 33.5 Å². The lowest BCUT2D eigenvalue weighted by Gasteiger charge is -2.31. The highest BCUT2D eigenvalue weighted by molar-refractivity contribution is 9.10. The molecular formula is C15H19BrN2O2S. The SMILES string of the molecule is CCC(C)(CC)n1c(SCC(=O)O)nc2cc(Br)ccc21. The third kappa shape index (κ3) is 3.26. The van der Waals surface area contributed by atoms with Gasteiger partial charge in [0.15, 0.2) is 5.16 Å². The van der Waals surface area contributed by atoms with Gasteiger partial charge >= 0.3 is 5.97 Å². The van der Waals surface area contributed by atoms with Gasteiger partial charge in [0.2, 0.25) is 0 Å². The molecule has 0 amide bonds. The van der Waals surface area contributed by atoms with E-state index in [2.05, 4.69) is 46.3 Å². The Labute approximate surface area is 137 Å². The second kappa shape index (κ2) is 6.40. The number of carbonyl (C=O) groups is 1. The molecule has 0 unspecified atom stereocenters. The molecule has 0 aliphatic rings. The average Bonchev–Trinajstić information content (AvgIpc) is 2.82. The fourth-order valence-corrected chi connectivity index (χ4v) is 3.55. The second-order valence-electron chi connectivity index (χ2n) is 5.25. The maximum atomic E-state index is 10.9. The summed E-state index contributed by atoms with van der Waals surface area (Å²) in [6.45, 7) is 6.50. The van der Waals surface area contributed by atoms with Gasteiger partial charge in [-0.05, 0) is 38.0 Å². The number of fused-ring (bicyclic) bond motifs is 1. The van der Waals surface area contributed by atoms with Gasteiger partial charge in [-0.15, -0.1) is 0 Å². The van der Waals surface area contributed by atoms with Crippen molar-refractivity contribution in [3.05, 3.63) is 22.7 Å². The highest BCUT2D eigenvalue weighted by Crippen LogP contribution is 2.35. The van der Waals surface area contributed by atoms with E-state index >= 15 is 0 Å². The molecule has 0 saturated heterocycles. The Balaban J connectivity index is 2.62. The zero-order chi connectivity index (χ0) is 15.6. The van der Waals surface area contributed by atoms with Gasteiger partial charge in [0, 0.05) is 10.0 Å². The summed E-state index contributed by atoms with van der Waals surface area (Å²) in [5, 5.41) is 9.71. The molecule has 0 aliphatic heterocycles. The van der Waals surface area contributed by atoms with E-state index in [0.29, 0.717) is 0 Å². The lowest BCUT2D eigenvalue weighted by atomic mass is 9.95. The third-order valence-electron chi connectivity index (χ3n) is 3.97. The van der Waals surface area contributed by atoms with Crippen LogP contribution in [0.3, 0.4) is 0 Å². The van der Waals surface area contributed by atoms with Crippen LogP contribution in [-0.2, 0) is 10.3 Å². The molecule has 21 heavy (non-hydrogen) atoms. The average molecular weight is 371 g/mol. The van der Waals surface area contributed by atoms with Crippen molar-refractivity contribution >= 4 is 44.7 Å². The summed E-state index contributed by atoms with van der Waals surface area (Å²) < 4.78 is 3.17. The Hall–Kier alpha value is -1.01. The number of halogens is 1. The summed E-state index contributed by atoms with van der Waals surface area (Å²) in [7, 11) is 0. The highest BCUT2D eigenvalue weighted by Gasteiger charge is 2.28. The van der Waals surface area contributed by atoms with E-state index in [1.165, 1.54) is 11.8 Å². The largest absolute Gasteiger partial charge is 0.481 e. The molecule has 0 bridgehead atoms. The van der Waals surface area contributed by atoms with Gasteiger partial charge in [0.05, 0.1) is 16.8 Å². The summed E-state index contributed by atoms with van der Waals surface area (Å²) in [5.41, 5.74) is 1.88. The fourth-order valence-electron chi connectivity index (χ4n) is 2.34. The van der Waals surface area contributed by atoms with Crippen LogP contribution in [-0.4, -0.2) is 26.4 Å². The van der Waals surface area contributed by atoms with E-state index in [1.54, 1.807) is 0 Å². The number of aromatic nitrogens is 2. The molecule has 1 aromatic carbocycles. The third-order valence-corrected chi connectivity index (χ3v) is 5.39. The van der Waals surface area contributed by atoms with E-state index in [9.17, 15) is 4.79 Å². The first-order valence-corrected chi connectivity index (χ1v) is 8.72. The molecule has 4 nitrogen and oxygen atoms in total. The van der Waals surface area contributed by atoms with Crippen molar-refractivity contribution in [2.75, 3.05) is 5.75 Å². The molecule has 2 rings (SSSR count). The molecule has 2 aromatic rings. The first-order valence-electron chi connectivity index (χ1n) is 6.94. The molecule has 1 heterocycles. The van der Waals surface area contributed by atoms with Gasteiger partial charge in [-0.25, -0.2) is 4.98 Å². The van der Waals surface area contributed by atoms with E-state index in [4.69, 9.17) is 5.11 Å². The van der Waals surface area contributed by atoms with Crippen LogP contribution in [0.2, 0.25) is 0 Å². The fraction of sp³-hybridized carbons (Fsp3) is 0.467. The molecular weight excluding hydrogens is 352 g/mol. The summed E-state index contributed by atoms with van der Waals surface area (Å²) in [5.74, 6) is -0.803. The monoisotopic (exact) mass is 370 g/mol. The van der Waals surface area contributed by atoms with Gasteiger partial charge in [0.1, 0.15) is 0 Å². The Morgan fingerprint density at radius 3 is 2.67 bits per heavy atom. The number of rotatable bonds is 6. The summed E-state index contributed by atoms with van der Waals surface area (Å²) in [4.78, 5) is 15.5. The predicted molar refractivity (Wildman–Crippen MR) is 90.0 cm³/mol. The molecule has 0 fully saturated rings. The Bertz CT molecular complexity index is 665. The number of hydrogen-bond donors (Lipinski definition) is 1. The zero-order valence-corrected chi connectivity index (χ0v) is 14.8. The number of thioether (sulfide) groups is 1. The number of aliphatic carboxylic acids is 1. The topological polar surface area (TPSA) is 55.1 Å². The number of benzene rings is 1. The van der Waals surface area contributed by atoms with Gasteiger partial charge in [-0.2, -0.15) is 0 Å². The van der Waals surface area contributed by atoms with Crippen LogP contribution in [0.4, 0.5) is 0 Å². The van der Waals surface area contributed by atoms with Crippen molar-refractivity contribution < 1.29 is 9.90 Å². The van der Waals surface area contributed by atoms with E-state index in [1.807, 2.05) is 18.2 Å². The lowest BCUT2D eigenvalue weighted by molar-refractivity contribution is -0.133. The standard InChI is InChI=1S/C15H19BrN2O2S/c1-4-15(3,5-2)18-12-7-6-10(16)8-11(12)17-14(18)21-9-13(19)20/h6-8H,4-5,9H2,1-3H3,(H,19,20). The molecule has 0 atom stereocenters. The van der Waals surface area contributed by atoms with Crippen molar-refractivity contribution in [2.24, 2.45) is 0 Å². The number of carboxylic acids is 1. The summed E-state index contributed by atoms with van der Waals surface area (Å²) in [6, 6.07) is 6.01. The molecule has 114 valence electrons. The number of hydrogen-bond acceptors (Lipinski definition) is 3. The Morgan fingerprint density at radius 2 is 2.10 bits per heavy atom. The van der Waals surface area contributed by atoms with Gasteiger partial charge in [-0.3, -0.25) is 4.79 Å². The van der Waals surface area contributed by atoms with E-state index < -0.39 is 5.97 Å². The lowest BCUT2D eigenvalue weighted by Crippen LogP contribution is -2.29. The number of imidazole rings is 1. The van der Waals surface area contributed by atoms with E-state index in [-0.39, 0.29) is 11.3 Å². The van der Waals surface area contributed by atoms with Crippen LogP contribution in [0.5, 0.6) is 0 Å². The highest BCUT2D eigenvalue weighted by atomic mass is 79.9. The molecule has 0 saturated carbocycles. The maximum absolute atomic E-state index is 10.9. The molecule has 6 heteroatoms. The summed E-state index contributed by atoms with van der Waals surface area (Å²) in [6.07, 6.45) is 1.93. The van der Waals surface area contributed by atoms with Crippen molar-refractivity contribution in [1.82, 2.24) is 9.55 Å². The molecule has 1 aromatic heterocycles. The van der Waals surface area contributed by atoms with Gasteiger partial charge in [0.25, 0.3) is 0 Å². The van der Waals surface area contributed by atoms with Gasteiger partial charge in [-0.1, -0.05) is 41.5 Å². The maximum Gasteiger partial charge on any atom is 0.313 e. The Morgan fingerprint density at radius 1 is 1.43 bits per heavy atom. The minimum atomic E-state index is -0.825. The molecule has 0 spiro atoms. The first kappa shape index (κ1) is 16.4. The van der Waals surface area contributed by atoms with Crippen LogP contribution >= 0.6 is 27.7 Å². The van der Waals surface area contributed by atoms with Crippen LogP contribution in [0.25, 0.3) is 11.0 Å². The van der Waals surface area contributed by atoms with Gasteiger partial charge < -0.3 is 9.67 Å². The normalized spacial score (nSPS) is 12.0. The quantitative estimate of drug-likeness (QED) is 0.759. The number of carboxylic acid groups (broad SMARTS) is 1. The van der Waals surface area contributed by atoms with Crippen molar-refractivity contribution in [3.8, 4) is 0 Å². The van der Waals surface area contributed by atoms with Crippen molar-refractivity contribution in [2.45, 2.75) is 44.3 Å². The first-order chi connectivity index (χ1) is 9.91. The molecule has 0 aliphatic carbocycles. The summed E-state index contributed by atoms with van der Waals surface area (Å²) >= 11 is 4.74. The Kier molecular flexibility index (Phi) is 4.99. The van der Waals surface area contributed by atoms with Crippen LogP contribution in [0.15, 0.2) is 27.8 Å². The molecule has 1 N–H and O–H groups in total. The number of nitrogens with zero attached hydrogens (tertiary/aromatic N) is 2. The minimum Gasteiger partial charge on any atom is -0.481 e.